The molecular weight excluding hydrogens is 350 g/mol. The van der Waals surface area contributed by atoms with Crippen molar-refractivity contribution in [2.45, 2.75) is 103 Å². The van der Waals surface area contributed by atoms with Crippen molar-refractivity contribution in [2.24, 2.45) is 10.7 Å². The van der Waals surface area contributed by atoms with E-state index in [1.165, 1.54) is 0 Å². The summed E-state index contributed by atoms with van der Waals surface area (Å²) in [7, 11) is -3.99. The first-order valence-corrected chi connectivity index (χ1v) is 14.9. The molecular formula is C17H39N3O3Si2. The van der Waals surface area contributed by atoms with Crippen LogP contribution in [0.2, 0.25) is 36.3 Å². The summed E-state index contributed by atoms with van der Waals surface area (Å²) >= 11 is 0. The Morgan fingerprint density at radius 1 is 1.12 bits per heavy atom. The van der Waals surface area contributed by atoms with Crippen molar-refractivity contribution in [2.75, 3.05) is 0 Å². The molecule has 1 rings (SSSR count). The molecule has 8 heteroatoms. The number of nitrogens with zero attached hydrogens (tertiary/aromatic N) is 2. The molecule has 0 aromatic heterocycles. The zero-order valence-electron chi connectivity index (χ0n) is 17.6. The van der Waals surface area contributed by atoms with Gasteiger partial charge in [0.05, 0.1) is 6.04 Å². The van der Waals surface area contributed by atoms with Crippen LogP contribution in [0.25, 0.3) is 0 Å². The Balaban J connectivity index is 3.21. The molecule has 0 bridgehead atoms. The molecule has 0 aliphatic carbocycles. The van der Waals surface area contributed by atoms with E-state index in [9.17, 15) is 5.21 Å². The van der Waals surface area contributed by atoms with Gasteiger partial charge in [0, 0.05) is 0 Å². The molecule has 0 amide bonds. The SMILES string of the molecule is CC[Si](CC)(CC)O[C@@H]1[C@@H](O[Si](C)(C)C(C)(C)C)[C@@H](C)N=C(N)N1O. The van der Waals surface area contributed by atoms with Crippen LogP contribution in [0, 0.1) is 0 Å². The van der Waals surface area contributed by atoms with Crippen LogP contribution < -0.4 is 5.73 Å². The summed E-state index contributed by atoms with van der Waals surface area (Å²) in [5.41, 5.74) is 5.93. The molecule has 148 valence electrons. The van der Waals surface area contributed by atoms with Gasteiger partial charge in [-0.25, -0.2) is 4.99 Å². The molecule has 0 aromatic rings. The van der Waals surface area contributed by atoms with Gasteiger partial charge in [-0.15, -0.1) is 0 Å². The molecule has 1 aliphatic rings. The van der Waals surface area contributed by atoms with Gasteiger partial charge in [-0.3, -0.25) is 5.21 Å². The first kappa shape index (κ1) is 22.6. The van der Waals surface area contributed by atoms with Crippen molar-refractivity contribution in [1.29, 1.82) is 0 Å². The van der Waals surface area contributed by atoms with E-state index < -0.39 is 22.9 Å². The lowest BCUT2D eigenvalue weighted by Crippen LogP contribution is -2.63. The van der Waals surface area contributed by atoms with Crippen LogP contribution in [0.15, 0.2) is 4.99 Å². The van der Waals surface area contributed by atoms with E-state index in [0.29, 0.717) is 0 Å². The molecule has 25 heavy (non-hydrogen) atoms. The monoisotopic (exact) mass is 389 g/mol. The lowest BCUT2D eigenvalue weighted by atomic mass is 10.1. The molecule has 0 saturated heterocycles. The third kappa shape index (κ3) is 4.85. The second-order valence-corrected chi connectivity index (χ2v) is 18.1. The molecule has 1 heterocycles. The number of hydrogen-bond donors (Lipinski definition) is 2. The zero-order chi connectivity index (χ0) is 19.6. The Hall–Kier alpha value is -0.416. The third-order valence-electron chi connectivity index (χ3n) is 6.11. The van der Waals surface area contributed by atoms with Crippen LogP contribution in [0.1, 0.15) is 48.5 Å². The maximum absolute atomic E-state index is 10.6. The predicted molar refractivity (Wildman–Crippen MR) is 109 cm³/mol. The summed E-state index contributed by atoms with van der Waals surface area (Å²) in [5, 5.41) is 11.6. The summed E-state index contributed by atoms with van der Waals surface area (Å²) in [5.74, 6) is 0.110. The number of rotatable bonds is 7. The minimum absolute atomic E-state index is 0.0685. The first-order chi connectivity index (χ1) is 11.3. The van der Waals surface area contributed by atoms with Crippen molar-refractivity contribution in [1.82, 2.24) is 5.06 Å². The van der Waals surface area contributed by atoms with Crippen LogP contribution in [-0.2, 0) is 8.85 Å². The topological polar surface area (TPSA) is 80.3 Å². The molecule has 6 nitrogen and oxygen atoms in total. The van der Waals surface area contributed by atoms with E-state index in [0.717, 1.165) is 23.2 Å². The summed E-state index contributed by atoms with van der Waals surface area (Å²) in [6.45, 7) is 19.6. The Morgan fingerprint density at radius 2 is 1.60 bits per heavy atom. The summed E-state index contributed by atoms with van der Waals surface area (Å²) in [6, 6.07) is 2.85. The van der Waals surface area contributed by atoms with Gasteiger partial charge in [-0.1, -0.05) is 41.5 Å². The lowest BCUT2D eigenvalue weighted by molar-refractivity contribution is -0.179. The van der Waals surface area contributed by atoms with E-state index >= 15 is 0 Å². The molecule has 0 spiro atoms. The van der Waals surface area contributed by atoms with Crippen LogP contribution in [0.3, 0.4) is 0 Å². The average molecular weight is 390 g/mol. The highest BCUT2D eigenvalue weighted by molar-refractivity contribution is 6.74. The van der Waals surface area contributed by atoms with E-state index in [1.807, 2.05) is 6.92 Å². The highest BCUT2D eigenvalue weighted by atomic mass is 28.4. The van der Waals surface area contributed by atoms with Crippen LogP contribution in [0.4, 0.5) is 0 Å². The zero-order valence-corrected chi connectivity index (χ0v) is 19.6. The third-order valence-corrected chi connectivity index (χ3v) is 15.2. The normalized spacial score (nSPS) is 25.9. The van der Waals surface area contributed by atoms with Gasteiger partial charge in [0.15, 0.2) is 22.9 Å². The maximum atomic E-state index is 10.6. The summed E-state index contributed by atoms with van der Waals surface area (Å²) in [4.78, 5) is 4.37. The number of hydroxylamine groups is 2. The van der Waals surface area contributed by atoms with Crippen LogP contribution in [0.5, 0.6) is 0 Å². The fraction of sp³-hybridized carbons (Fsp3) is 0.941. The van der Waals surface area contributed by atoms with Crippen molar-refractivity contribution < 1.29 is 14.1 Å². The number of nitrogens with two attached hydrogens (primary N) is 1. The standard InChI is InChI=1S/C17H39N3O3Si2/c1-10-25(11-2,12-3)23-15-14(13(4)19-16(18)20(15)21)22-24(8,9)17(5,6)7/h13-15,21H,10-12H2,1-9H3,(H2,18,19)/t13-,14+,15-/m1/s1. The van der Waals surface area contributed by atoms with E-state index in [-0.39, 0.29) is 23.1 Å². The smallest absolute Gasteiger partial charge is 0.218 e. The summed E-state index contributed by atoms with van der Waals surface area (Å²) < 4.78 is 13.2. The minimum atomic E-state index is -2.05. The molecule has 0 aromatic carbocycles. The second kappa shape index (κ2) is 8.08. The fourth-order valence-corrected chi connectivity index (χ4v) is 6.99. The molecule has 0 saturated carbocycles. The quantitative estimate of drug-likeness (QED) is 0.640. The first-order valence-electron chi connectivity index (χ1n) is 9.51. The largest absolute Gasteiger partial charge is 0.407 e. The van der Waals surface area contributed by atoms with E-state index in [4.69, 9.17) is 14.6 Å². The van der Waals surface area contributed by atoms with E-state index in [2.05, 4.69) is 59.6 Å². The van der Waals surface area contributed by atoms with Crippen LogP contribution >= 0.6 is 0 Å². The molecule has 3 atom stereocenters. The van der Waals surface area contributed by atoms with Gasteiger partial charge in [0.25, 0.3) is 0 Å². The highest BCUT2D eigenvalue weighted by Gasteiger charge is 2.48. The molecule has 0 unspecified atom stereocenters. The van der Waals surface area contributed by atoms with E-state index in [1.54, 1.807) is 0 Å². The molecule has 0 fully saturated rings. The minimum Gasteiger partial charge on any atom is -0.407 e. The van der Waals surface area contributed by atoms with Gasteiger partial charge in [0.1, 0.15) is 6.10 Å². The number of hydrogen-bond acceptors (Lipinski definition) is 6. The predicted octanol–water partition coefficient (Wildman–Crippen LogP) is 4.13. The van der Waals surface area contributed by atoms with Gasteiger partial charge in [-0.05, 0) is 43.2 Å². The Kier molecular flexibility index (Phi) is 7.31. The second-order valence-electron chi connectivity index (χ2n) is 8.67. The van der Waals surface area contributed by atoms with Crippen molar-refractivity contribution >= 4 is 22.6 Å². The van der Waals surface area contributed by atoms with Gasteiger partial charge in [0.2, 0.25) is 5.96 Å². The van der Waals surface area contributed by atoms with Gasteiger partial charge in [-0.2, -0.15) is 5.06 Å². The molecule has 3 N–H and O–H groups in total. The van der Waals surface area contributed by atoms with Gasteiger partial charge < -0.3 is 14.6 Å². The average Bonchev–Trinajstić information content (AvgIpc) is 2.52. The van der Waals surface area contributed by atoms with Crippen LogP contribution in [-0.4, -0.2) is 51.2 Å². The number of guanidine groups is 1. The number of aliphatic imine (C=N–C) groups is 1. The Morgan fingerprint density at radius 3 is 2.00 bits per heavy atom. The Bertz CT molecular complexity index is 468. The maximum Gasteiger partial charge on any atom is 0.218 e. The summed E-state index contributed by atoms with van der Waals surface area (Å²) in [6.07, 6.45) is -0.914. The Labute approximate surface area is 156 Å². The molecule has 0 radical (unpaired) electrons. The van der Waals surface area contributed by atoms with Crippen molar-refractivity contribution in [3.63, 3.8) is 0 Å². The van der Waals surface area contributed by atoms with Crippen molar-refractivity contribution in [3.05, 3.63) is 0 Å². The molecule has 1 aliphatic heterocycles. The van der Waals surface area contributed by atoms with Crippen molar-refractivity contribution in [3.8, 4) is 0 Å². The van der Waals surface area contributed by atoms with Gasteiger partial charge >= 0.3 is 0 Å². The lowest BCUT2D eigenvalue weighted by Gasteiger charge is -2.48. The fourth-order valence-electron chi connectivity index (χ4n) is 2.90. The highest BCUT2D eigenvalue weighted by Crippen LogP contribution is 2.39.